The van der Waals surface area contributed by atoms with Crippen molar-refractivity contribution in [3.63, 3.8) is 0 Å². The first-order valence-corrected chi connectivity index (χ1v) is 8.21. The van der Waals surface area contributed by atoms with Crippen molar-refractivity contribution >= 4 is 17.3 Å². The third-order valence-corrected chi connectivity index (χ3v) is 4.21. The molecule has 3 heterocycles. The van der Waals surface area contributed by atoms with Crippen molar-refractivity contribution in [2.24, 2.45) is 0 Å². The molecule has 1 N–H and O–H groups in total. The van der Waals surface area contributed by atoms with Crippen LogP contribution in [0.3, 0.4) is 0 Å². The van der Waals surface area contributed by atoms with E-state index in [4.69, 9.17) is 9.47 Å². The Bertz CT molecular complexity index is 740. The number of aromatic nitrogens is 1. The number of hydrogen-bond acceptors (Lipinski definition) is 5. The first kappa shape index (κ1) is 14.8. The van der Waals surface area contributed by atoms with E-state index in [1.54, 1.807) is 12.3 Å². The molecule has 4 rings (SSSR count). The molecule has 124 valence electrons. The third kappa shape index (κ3) is 2.99. The van der Waals surface area contributed by atoms with Crippen LogP contribution in [0.25, 0.3) is 0 Å². The van der Waals surface area contributed by atoms with Crippen LogP contribution in [0.5, 0.6) is 11.5 Å². The van der Waals surface area contributed by atoms with E-state index in [1.165, 1.54) is 0 Å². The molecule has 1 aromatic carbocycles. The molecule has 2 aliphatic heterocycles. The molecule has 1 fully saturated rings. The van der Waals surface area contributed by atoms with Crippen LogP contribution in [0.2, 0.25) is 0 Å². The van der Waals surface area contributed by atoms with E-state index in [0.29, 0.717) is 18.9 Å². The van der Waals surface area contributed by atoms with E-state index in [0.717, 1.165) is 48.8 Å². The molecule has 2 aliphatic rings. The fourth-order valence-electron chi connectivity index (χ4n) is 2.96. The zero-order valence-electron chi connectivity index (χ0n) is 13.3. The molecule has 0 atom stereocenters. The lowest BCUT2D eigenvalue weighted by Crippen LogP contribution is -2.28. The number of amides is 1. The zero-order valence-corrected chi connectivity index (χ0v) is 13.3. The Labute approximate surface area is 140 Å². The van der Waals surface area contributed by atoms with Crippen molar-refractivity contribution in [2.45, 2.75) is 12.8 Å². The van der Waals surface area contributed by atoms with Crippen molar-refractivity contribution in [1.82, 2.24) is 9.88 Å². The maximum absolute atomic E-state index is 12.3. The molecule has 24 heavy (non-hydrogen) atoms. The Hall–Kier alpha value is -2.76. The van der Waals surface area contributed by atoms with Crippen LogP contribution < -0.4 is 14.8 Å². The normalized spacial score (nSPS) is 16.1. The predicted molar refractivity (Wildman–Crippen MR) is 90.1 cm³/mol. The molecule has 6 heteroatoms. The van der Waals surface area contributed by atoms with Gasteiger partial charge in [0.1, 0.15) is 18.9 Å². The summed E-state index contributed by atoms with van der Waals surface area (Å²) >= 11 is 0. The number of likely N-dealkylation sites (tertiary alicyclic amines) is 1. The molecule has 0 radical (unpaired) electrons. The molecule has 0 aliphatic carbocycles. The highest BCUT2D eigenvalue weighted by atomic mass is 16.6. The fraction of sp³-hybridized carbons (Fsp3) is 0.333. The second kappa shape index (κ2) is 6.39. The predicted octanol–water partition coefficient (Wildman–Crippen LogP) is 2.83. The van der Waals surface area contributed by atoms with Gasteiger partial charge in [-0.25, -0.2) is 4.98 Å². The number of carbonyl (C=O) groups excluding carboxylic acids is 1. The number of fused-ring (bicyclic) bond motifs is 1. The van der Waals surface area contributed by atoms with Crippen molar-refractivity contribution in [3.05, 3.63) is 42.2 Å². The second-order valence-corrected chi connectivity index (χ2v) is 5.91. The van der Waals surface area contributed by atoms with Crippen LogP contribution in [-0.2, 0) is 0 Å². The summed E-state index contributed by atoms with van der Waals surface area (Å²) in [5.74, 6) is 1.51. The van der Waals surface area contributed by atoms with Crippen molar-refractivity contribution < 1.29 is 14.3 Å². The minimum Gasteiger partial charge on any atom is -0.486 e. The number of nitrogens with one attached hydrogen (secondary N) is 1. The summed E-state index contributed by atoms with van der Waals surface area (Å²) in [4.78, 5) is 18.4. The SMILES string of the molecule is O=C(c1ccc(Nc2ccc3c(c2)OCCO3)cn1)N1CCCC1. The van der Waals surface area contributed by atoms with Crippen molar-refractivity contribution in [1.29, 1.82) is 0 Å². The van der Waals surface area contributed by atoms with Gasteiger partial charge in [0.05, 0.1) is 11.9 Å². The first-order chi connectivity index (χ1) is 11.8. The number of benzene rings is 1. The summed E-state index contributed by atoms with van der Waals surface area (Å²) in [5, 5.41) is 3.27. The average Bonchev–Trinajstić information content (AvgIpc) is 3.16. The Morgan fingerprint density at radius 1 is 1.00 bits per heavy atom. The minimum atomic E-state index is 0.0124. The Kier molecular flexibility index (Phi) is 3.94. The Balaban J connectivity index is 1.46. The number of ether oxygens (including phenoxy) is 2. The molecule has 0 spiro atoms. The van der Waals surface area contributed by atoms with Gasteiger partial charge in [-0.3, -0.25) is 4.79 Å². The summed E-state index contributed by atoms with van der Waals surface area (Å²) in [5.41, 5.74) is 2.20. The third-order valence-electron chi connectivity index (χ3n) is 4.21. The van der Waals surface area contributed by atoms with Gasteiger partial charge in [0.15, 0.2) is 11.5 Å². The number of nitrogens with zero attached hydrogens (tertiary/aromatic N) is 2. The van der Waals surface area contributed by atoms with Gasteiger partial charge in [-0.05, 0) is 37.1 Å². The highest BCUT2D eigenvalue weighted by molar-refractivity contribution is 5.92. The number of pyridine rings is 1. The maximum atomic E-state index is 12.3. The molecular weight excluding hydrogens is 306 g/mol. The fourth-order valence-corrected chi connectivity index (χ4v) is 2.96. The van der Waals surface area contributed by atoms with Gasteiger partial charge in [-0.15, -0.1) is 0 Å². The molecular formula is C18H19N3O3. The highest BCUT2D eigenvalue weighted by Gasteiger charge is 2.20. The highest BCUT2D eigenvalue weighted by Crippen LogP contribution is 2.33. The molecule has 1 aromatic heterocycles. The van der Waals surface area contributed by atoms with Gasteiger partial charge in [0.25, 0.3) is 5.91 Å². The van der Waals surface area contributed by atoms with Crippen LogP contribution in [0.15, 0.2) is 36.5 Å². The van der Waals surface area contributed by atoms with Crippen LogP contribution in [0.4, 0.5) is 11.4 Å². The van der Waals surface area contributed by atoms with Gasteiger partial charge >= 0.3 is 0 Å². The van der Waals surface area contributed by atoms with Gasteiger partial charge in [0, 0.05) is 24.8 Å². The van der Waals surface area contributed by atoms with Crippen LogP contribution in [0.1, 0.15) is 23.3 Å². The molecule has 6 nitrogen and oxygen atoms in total. The second-order valence-electron chi connectivity index (χ2n) is 5.91. The van der Waals surface area contributed by atoms with E-state index in [2.05, 4.69) is 10.3 Å². The number of anilines is 2. The molecule has 2 aromatic rings. The van der Waals surface area contributed by atoms with E-state index in [-0.39, 0.29) is 5.91 Å². The zero-order chi connectivity index (χ0) is 16.4. The molecule has 0 bridgehead atoms. The monoisotopic (exact) mass is 325 g/mol. The number of rotatable bonds is 3. The molecule has 1 saturated heterocycles. The molecule has 0 unspecified atom stereocenters. The quantitative estimate of drug-likeness (QED) is 0.940. The topological polar surface area (TPSA) is 63.7 Å². The van der Waals surface area contributed by atoms with Crippen LogP contribution in [0, 0.1) is 0 Å². The van der Waals surface area contributed by atoms with Crippen molar-refractivity contribution in [3.8, 4) is 11.5 Å². The summed E-state index contributed by atoms with van der Waals surface area (Å²) in [7, 11) is 0. The number of hydrogen-bond donors (Lipinski definition) is 1. The summed E-state index contributed by atoms with van der Waals surface area (Å²) < 4.78 is 11.1. The molecule has 0 saturated carbocycles. The van der Waals surface area contributed by atoms with Gasteiger partial charge in [-0.1, -0.05) is 0 Å². The Morgan fingerprint density at radius 3 is 2.50 bits per heavy atom. The lowest BCUT2D eigenvalue weighted by atomic mass is 10.2. The van der Waals surface area contributed by atoms with Crippen molar-refractivity contribution in [2.75, 3.05) is 31.6 Å². The first-order valence-electron chi connectivity index (χ1n) is 8.21. The largest absolute Gasteiger partial charge is 0.486 e. The number of carbonyl (C=O) groups is 1. The van der Waals surface area contributed by atoms with Gasteiger partial charge in [0.2, 0.25) is 0 Å². The molecule has 1 amide bonds. The summed E-state index contributed by atoms with van der Waals surface area (Å²) in [6, 6.07) is 9.35. The van der Waals surface area contributed by atoms with Crippen LogP contribution in [-0.4, -0.2) is 42.1 Å². The summed E-state index contributed by atoms with van der Waals surface area (Å²) in [6.07, 6.45) is 3.84. The average molecular weight is 325 g/mol. The maximum Gasteiger partial charge on any atom is 0.272 e. The van der Waals surface area contributed by atoms with Crippen LogP contribution >= 0.6 is 0 Å². The Morgan fingerprint density at radius 2 is 1.75 bits per heavy atom. The van der Waals surface area contributed by atoms with E-state index in [9.17, 15) is 4.79 Å². The smallest absolute Gasteiger partial charge is 0.272 e. The van der Waals surface area contributed by atoms with E-state index < -0.39 is 0 Å². The lowest BCUT2D eigenvalue weighted by Gasteiger charge is -2.19. The lowest BCUT2D eigenvalue weighted by molar-refractivity contribution is 0.0787. The van der Waals surface area contributed by atoms with E-state index >= 15 is 0 Å². The van der Waals surface area contributed by atoms with Gasteiger partial charge in [-0.2, -0.15) is 0 Å². The summed E-state index contributed by atoms with van der Waals surface area (Å²) in [6.45, 7) is 2.80. The van der Waals surface area contributed by atoms with Gasteiger partial charge < -0.3 is 19.7 Å². The standard InChI is InChI=1S/C18H19N3O3/c22-18(21-7-1-2-8-21)15-5-3-14(12-19-15)20-13-4-6-16-17(11-13)24-10-9-23-16/h3-6,11-12,20H,1-2,7-10H2. The van der Waals surface area contributed by atoms with E-state index in [1.807, 2.05) is 29.2 Å². The minimum absolute atomic E-state index is 0.0124.